The predicted molar refractivity (Wildman–Crippen MR) is 68.1 cm³/mol. The quantitative estimate of drug-likeness (QED) is 0.844. The summed E-state index contributed by atoms with van der Waals surface area (Å²) in [7, 11) is 1.49. The Kier molecular flexibility index (Phi) is 4.39. The second-order valence-corrected chi connectivity index (χ2v) is 6.46. The number of halogens is 1. The first kappa shape index (κ1) is 15.0. The third-order valence-electron chi connectivity index (χ3n) is 2.60. The van der Waals surface area contributed by atoms with Crippen LogP contribution in [0.1, 0.15) is 31.3 Å². The number of aromatic nitrogens is 2. The van der Waals surface area contributed by atoms with Crippen molar-refractivity contribution in [3.05, 3.63) is 11.4 Å². The van der Waals surface area contributed by atoms with Gasteiger partial charge in [-0.1, -0.05) is 0 Å². The molecule has 0 aliphatic rings. The Hall–Kier alpha value is -1.08. The molecule has 1 amide bonds. The van der Waals surface area contributed by atoms with Gasteiger partial charge in [-0.3, -0.25) is 9.48 Å². The van der Waals surface area contributed by atoms with Gasteiger partial charge in [-0.25, -0.2) is 8.42 Å². The second-order valence-electron chi connectivity index (χ2n) is 3.95. The van der Waals surface area contributed by atoms with Gasteiger partial charge in [0.15, 0.2) is 0 Å². The van der Waals surface area contributed by atoms with Crippen molar-refractivity contribution in [2.45, 2.75) is 38.6 Å². The number of hydrogen-bond donors (Lipinski definition) is 1. The van der Waals surface area contributed by atoms with E-state index in [1.807, 2.05) is 0 Å². The molecule has 8 heteroatoms. The van der Waals surface area contributed by atoms with Gasteiger partial charge in [0.05, 0.1) is 11.4 Å². The average molecular weight is 294 g/mol. The lowest BCUT2D eigenvalue weighted by molar-refractivity contribution is -0.124. The lowest BCUT2D eigenvalue weighted by Crippen LogP contribution is -2.31. The van der Waals surface area contributed by atoms with Crippen LogP contribution in [0, 0.1) is 13.8 Å². The molecular formula is C10H16ClN3O3S. The Balaban J connectivity index is 3.26. The highest BCUT2D eigenvalue weighted by Gasteiger charge is 2.26. The summed E-state index contributed by atoms with van der Waals surface area (Å²) in [6.07, 6.45) is 0. The van der Waals surface area contributed by atoms with E-state index in [-0.39, 0.29) is 10.8 Å². The average Bonchev–Trinajstić information content (AvgIpc) is 2.52. The van der Waals surface area contributed by atoms with Gasteiger partial charge < -0.3 is 5.32 Å². The van der Waals surface area contributed by atoms with E-state index in [0.717, 1.165) is 0 Å². The van der Waals surface area contributed by atoms with Crippen LogP contribution in [0.3, 0.4) is 0 Å². The summed E-state index contributed by atoms with van der Waals surface area (Å²) in [6.45, 7) is 7.08. The van der Waals surface area contributed by atoms with Crippen LogP contribution >= 0.6 is 10.7 Å². The molecule has 1 aromatic heterocycles. The Morgan fingerprint density at radius 2 is 2.06 bits per heavy atom. The van der Waals surface area contributed by atoms with Crippen molar-refractivity contribution in [3.8, 4) is 0 Å². The molecule has 1 rings (SSSR count). The molecule has 0 fully saturated rings. The standard InChI is InChI=1S/C10H16ClN3O3S/c1-5-12-10(15)8(4)14-7(3)9(6(2)13-14)18(11,16)17/h8H,5H2,1-4H3,(H,12,15). The first-order valence-electron chi connectivity index (χ1n) is 5.48. The first-order valence-corrected chi connectivity index (χ1v) is 7.79. The number of amides is 1. The van der Waals surface area contributed by atoms with Gasteiger partial charge in [0.25, 0.3) is 9.05 Å². The minimum atomic E-state index is -3.86. The largest absolute Gasteiger partial charge is 0.355 e. The van der Waals surface area contributed by atoms with Gasteiger partial charge in [-0.05, 0) is 27.7 Å². The molecule has 0 bridgehead atoms. The van der Waals surface area contributed by atoms with Crippen molar-refractivity contribution < 1.29 is 13.2 Å². The minimum Gasteiger partial charge on any atom is -0.355 e. The van der Waals surface area contributed by atoms with Crippen molar-refractivity contribution in [3.63, 3.8) is 0 Å². The molecule has 0 aliphatic heterocycles. The summed E-state index contributed by atoms with van der Waals surface area (Å²) in [5, 5.41) is 6.73. The Bertz CT molecular complexity index is 565. The lowest BCUT2D eigenvalue weighted by Gasteiger charge is -2.13. The third kappa shape index (κ3) is 2.84. The summed E-state index contributed by atoms with van der Waals surface area (Å²) >= 11 is 0. The van der Waals surface area contributed by atoms with E-state index in [1.54, 1.807) is 27.7 Å². The van der Waals surface area contributed by atoms with Crippen molar-refractivity contribution >= 4 is 25.6 Å². The van der Waals surface area contributed by atoms with Crippen molar-refractivity contribution in [1.82, 2.24) is 15.1 Å². The maximum atomic E-state index is 11.7. The van der Waals surface area contributed by atoms with Gasteiger partial charge in [-0.2, -0.15) is 5.10 Å². The summed E-state index contributed by atoms with van der Waals surface area (Å²) in [4.78, 5) is 11.7. The van der Waals surface area contributed by atoms with Crippen molar-refractivity contribution in [1.29, 1.82) is 0 Å². The fourth-order valence-corrected chi connectivity index (χ4v) is 3.32. The van der Waals surface area contributed by atoms with E-state index >= 15 is 0 Å². The maximum absolute atomic E-state index is 11.7. The summed E-state index contributed by atoms with van der Waals surface area (Å²) in [5.41, 5.74) is 0.653. The van der Waals surface area contributed by atoms with Crippen LogP contribution in [0.4, 0.5) is 0 Å². The maximum Gasteiger partial charge on any atom is 0.264 e. The highest BCUT2D eigenvalue weighted by atomic mass is 35.7. The van der Waals surface area contributed by atoms with Crippen LogP contribution in [-0.4, -0.2) is 30.7 Å². The number of nitrogens with zero attached hydrogens (tertiary/aromatic N) is 2. The third-order valence-corrected chi connectivity index (χ3v) is 4.14. The van der Waals surface area contributed by atoms with E-state index in [1.165, 1.54) is 4.68 Å². The Morgan fingerprint density at radius 3 is 2.44 bits per heavy atom. The van der Waals surface area contributed by atoms with Crippen LogP contribution in [-0.2, 0) is 13.8 Å². The Labute approximate surface area is 111 Å². The molecule has 0 aromatic carbocycles. The zero-order valence-electron chi connectivity index (χ0n) is 10.7. The van der Waals surface area contributed by atoms with Crippen LogP contribution in [0.25, 0.3) is 0 Å². The minimum absolute atomic E-state index is 0.0275. The zero-order valence-corrected chi connectivity index (χ0v) is 12.3. The molecule has 0 saturated carbocycles. The van der Waals surface area contributed by atoms with Gasteiger partial charge >= 0.3 is 0 Å². The topological polar surface area (TPSA) is 81.1 Å². The van der Waals surface area contributed by atoms with E-state index in [0.29, 0.717) is 17.9 Å². The highest BCUT2D eigenvalue weighted by molar-refractivity contribution is 8.13. The number of aryl methyl sites for hydroxylation is 1. The van der Waals surface area contributed by atoms with E-state index in [2.05, 4.69) is 10.4 Å². The fraction of sp³-hybridized carbons (Fsp3) is 0.600. The molecular weight excluding hydrogens is 278 g/mol. The molecule has 0 spiro atoms. The number of nitrogens with one attached hydrogen (secondary N) is 1. The molecule has 1 atom stereocenters. The molecule has 1 N–H and O–H groups in total. The monoisotopic (exact) mass is 293 g/mol. The number of hydrogen-bond acceptors (Lipinski definition) is 4. The number of carbonyl (C=O) groups excluding carboxylic acids is 1. The molecule has 102 valence electrons. The van der Waals surface area contributed by atoms with Crippen LogP contribution in [0.5, 0.6) is 0 Å². The summed E-state index contributed by atoms with van der Waals surface area (Å²) < 4.78 is 24.2. The normalized spacial score (nSPS) is 13.4. The number of rotatable bonds is 4. The SMILES string of the molecule is CCNC(=O)C(C)n1nc(C)c(S(=O)(=O)Cl)c1C. The molecule has 0 saturated heterocycles. The molecule has 18 heavy (non-hydrogen) atoms. The van der Waals surface area contributed by atoms with Gasteiger partial charge in [-0.15, -0.1) is 0 Å². The van der Waals surface area contributed by atoms with Crippen molar-refractivity contribution in [2.24, 2.45) is 0 Å². The van der Waals surface area contributed by atoms with Crippen LogP contribution in [0.15, 0.2) is 4.90 Å². The van der Waals surface area contributed by atoms with Crippen molar-refractivity contribution in [2.75, 3.05) is 6.54 Å². The first-order chi connectivity index (χ1) is 8.20. The summed E-state index contributed by atoms with van der Waals surface area (Å²) in [5.74, 6) is -0.221. The lowest BCUT2D eigenvalue weighted by atomic mass is 10.3. The molecule has 1 aromatic rings. The predicted octanol–water partition coefficient (Wildman–Crippen LogP) is 1.12. The van der Waals surface area contributed by atoms with E-state index in [9.17, 15) is 13.2 Å². The number of likely N-dealkylation sites (N-methyl/N-ethyl adjacent to an activating group) is 1. The van der Waals surface area contributed by atoms with E-state index in [4.69, 9.17) is 10.7 Å². The zero-order chi connectivity index (χ0) is 14.1. The van der Waals surface area contributed by atoms with Gasteiger partial charge in [0.1, 0.15) is 10.9 Å². The highest BCUT2D eigenvalue weighted by Crippen LogP contribution is 2.25. The fourth-order valence-electron chi connectivity index (χ4n) is 1.81. The number of carbonyl (C=O) groups is 1. The molecule has 0 aliphatic carbocycles. The van der Waals surface area contributed by atoms with Crippen LogP contribution < -0.4 is 5.32 Å². The Morgan fingerprint density at radius 1 is 1.50 bits per heavy atom. The smallest absolute Gasteiger partial charge is 0.264 e. The molecule has 0 radical (unpaired) electrons. The van der Waals surface area contributed by atoms with Crippen LogP contribution in [0.2, 0.25) is 0 Å². The van der Waals surface area contributed by atoms with Gasteiger partial charge in [0.2, 0.25) is 5.91 Å². The van der Waals surface area contributed by atoms with E-state index < -0.39 is 15.1 Å². The summed E-state index contributed by atoms with van der Waals surface area (Å²) in [6, 6.07) is -0.587. The molecule has 1 heterocycles. The molecule has 6 nitrogen and oxygen atoms in total. The van der Waals surface area contributed by atoms with Gasteiger partial charge in [0, 0.05) is 17.2 Å². The molecule has 1 unspecified atom stereocenters. The second kappa shape index (κ2) is 5.27.